The molecule has 0 aliphatic carbocycles. The minimum absolute atomic E-state index is 0.0677. The van der Waals surface area contributed by atoms with E-state index in [9.17, 15) is 18.0 Å². The Morgan fingerprint density at radius 1 is 1.30 bits per heavy atom. The van der Waals surface area contributed by atoms with Crippen molar-refractivity contribution in [1.82, 2.24) is 9.21 Å². The van der Waals surface area contributed by atoms with Crippen molar-refractivity contribution in [2.75, 3.05) is 32.5 Å². The van der Waals surface area contributed by atoms with E-state index in [2.05, 4.69) is 5.32 Å². The first-order valence-electron chi connectivity index (χ1n) is 8.60. The second-order valence-corrected chi connectivity index (χ2v) is 9.34. The quantitative estimate of drug-likeness (QED) is 0.721. The molecule has 0 aromatic heterocycles. The third-order valence-corrected chi connectivity index (χ3v) is 7.11. The number of likely N-dealkylation sites (tertiary alicyclic amines) is 1. The first-order chi connectivity index (χ1) is 12.5. The number of halogens is 1. The normalized spacial score (nSPS) is 17.7. The molecule has 10 heteroatoms. The molecule has 1 aromatic rings. The van der Waals surface area contributed by atoms with E-state index in [1.165, 1.54) is 26.2 Å². The summed E-state index contributed by atoms with van der Waals surface area (Å²) in [5.74, 6) is -0.711. The van der Waals surface area contributed by atoms with Gasteiger partial charge in [0, 0.05) is 25.7 Å². The lowest BCUT2D eigenvalue weighted by atomic mass is 9.95. The Hall–Kier alpha value is -1.68. The number of piperidine rings is 1. The Labute approximate surface area is 164 Å². The number of anilines is 1. The lowest BCUT2D eigenvalue weighted by Crippen LogP contribution is -2.47. The standard InChI is InChI=1S/C17H25ClN4O4S/c1-11(22-8-6-12(7-9-22)16(19)23)17(24)20-13-4-5-14(18)15(10-13)27(25,26)21(2)3/h4-5,10-12H,6-9H2,1-3H3,(H2,19,23)(H,20,24). The highest BCUT2D eigenvalue weighted by atomic mass is 35.5. The van der Waals surface area contributed by atoms with Crippen LogP contribution >= 0.6 is 11.6 Å². The summed E-state index contributed by atoms with van der Waals surface area (Å²) in [5, 5.41) is 2.82. The SMILES string of the molecule is CC(C(=O)Nc1ccc(Cl)c(S(=O)(=O)N(C)C)c1)N1CCC(C(N)=O)CC1. The van der Waals surface area contributed by atoms with Gasteiger partial charge in [-0.3, -0.25) is 14.5 Å². The Kier molecular flexibility index (Phi) is 6.85. The van der Waals surface area contributed by atoms with Gasteiger partial charge < -0.3 is 11.1 Å². The van der Waals surface area contributed by atoms with Gasteiger partial charge in [-0.2, -0.15) is 0 Å². The maximum absolute atomic E-state index is 12.6. The molecular weight excluding hydrogens is 392 g/mol. The van der Waals surface area contributed by atoms with Crippen LogP contribution in [-0.2, 0) is 19.6 Å². The Morgan fingerprint density at radius 2 is 1.89 bits per heavy atom. The minimum atomic E-state index is -3.72. The van der Waals surface area contributed by atoms with Crippen molar-refractivity contribution in [3.05, 3.63) is 23.2 Å². The Morgan fingerprint density at radius 3 is 2.41 bits per heavy atom. The molecule has 0 radical (unpaired) electrons. The maximum atomic E-state index is 12.6. The van der Waals surface area contributed by atoms with Crippen molar-refractivity contribution in [2.24, 2.45) is 11.7 Å². The van der Waals surface area contributed by atoms with Crippen molar-refractivity contribution in [3.8, 4) is 0 Å². The van der Waals surface area contributed by atoms with Crippen molar-refractivity contribution >= 4 is 39.1 Å². The fourth-order valence-electron chi connectivity index (χ4n) is 2.96. The van der Waals surface area contributed by atoms with Gasteiger partial charge >= 0.3 is 0 Å². The van der Waals surface area contributed by atoms with Crippen LogP contribution in [0.15, 0.2) is 23.1 Å². The highest BCUT2D eigenvalue weighted by Crippen LogP contribution is 2.27. The zero-order valence-corrected chi connectivity index (χ0v) is 17.2. The van der Waals surface area contributed by atoms with Crippen LogP contribution in [0.1, 0.15) is 19.8 Å². The van der Waals surface area contributed by atoms with E-state index in [-0.39, 0.29) is 27.7 Å². The number of hydrogen-bond acceptors (Lipinski definition) is 5. The molecule has 0 saturated carbocycles. The summed E-state index contributed by atoms with van der Waals surface area (Å²) < 4.78 is 25.7. The molecule has 3 N–H and O–H groups in total. The molecule has 1 unspecified atom stereocenters. The molecule has 1 atom stereocenters. The molecule has 1 aromatic carbocycles. The van der Waals surface area contributed by atoms with Crippen molar-refractivity contribution in [2.45, 2.75) is 30.7 Å². The fourth-order valence-corrected chi connectivity index (χ4v) is 4.35. The number of benzene rings is 1. The van der Waals surface area contributed by atoms with Gasteiger partial charge in [0.25, 0.3) is 0 Å². The van der Waals surface area contributed by atoms with Crippen LogP contribution in [0, 0.1) is 5.92 Å². The molecule has 1 aliphatic rings. The molecular formula is C17H25ClN4O4S. The van der Waals surface area contributed by atoms with Crippen molar-refractivity contribution in [3.63, 3.8) is 0 Å². The Balaban J connectivity index is 2.09. The van der Waals surface area contributed by atoms with Crippen LogP contribution in [-0.4, -0.2) is 62.7 Å². The summed E-state index contributed by atoms with van der Waals surface area (Å²) in [5.41, 5.74) is 5.68. The molecule has 1 aliphatic heterocycles. The van der Waals surface area contributed by atoms with Gasteiger partial charge in [0.15, 0.2) is 0 Å². The van der Waals surface area contributed by atoms with Crippen molar-refractivity contribution < 1.29 is 18.0 Å². The molecule has 0 spiro atoms. The summed E-state index contributed by atoms with van der Waals surface area (Å²) >= 11 is 6.02. The van der Waals surface area contributed by atoms with E-state index in [0.717, 1.165) is 4.31 Å². The van der Waals surface area contributed by atoms with Crippen LogP contribution in [0.25, 0.3) is 0 Å². The van der Waals surface area contributed by atoms with Gasteiger partial charge in [-0.15, -0.1) is 0 Å². The number of nitrogens with one attached hydrogen (secondary N) is 1. The van der Waals surface area contributed by atoms with Crippen LogP contribution in [0.3, 0.4) is 0 Å². The number of primary amides is 1. The highest BCUT2D eigenvalue weighted by Gasteiger charge is 2.29. The highest BCUT2D eigenvalue weighted by molar-refractivity contribution is 7.89. The largest absolute Gasteiger partial charge is 0.369 e. The molecule has 27 heavy (non-hydrogen) atoms. The summed E-state index contributed by atoms with van der Waals surface area (Å²) in [6.07, 6.45) is 1.25. The number of amides is 2. The lowest BCUT2D eigenvalue weighted by molar-refractivity contribution is -0.124. The average molecular weight is 417 g/mol. The van der Waals surface area contributed by atoms with E-state index >= 15 is 0 Å². The predicted molar refractivity (Wildman–Crippen MR) is 104 cm³/mol. The molecule has 1 saturated heterocycles. The molecule has 0 bridgehead atoms. The number of sulfonamides is 1. The minimum Gasteiger partial charge on any atom is -0.369 e. The summed E-state index contributed by atoms with van der Waals surface area (Å²) in [4.78, 5) is 25.7. The second-order valence-electron chi connectivity index (χ2n) is 6.81. The number of nitrogens with zero attached hydrogens (tertiary/aromatic N) is 2. The number of carbonyl (C=O) groups is 2. The monoisotopic (exact) mass is 416 g/mol. The van der Waals surface area contributed by atoms with Crippen LogP contribution in [0.5, 0.6) is 0 Å². The number of rotatable bonds is 6. The maximum Gasteiger partial charge on any atom is 0.244 e. The Bertz CT molecular complexity index is 820. The summed E-state index contributed by atoms with van der Waals surface area (Å²) in [6, 6.07) is 3.92. The smallest absolute Gasteiger partial charge is 0.244 e. The first kappa shape index (κ1) is 21.6. The molecule has 150 valence electrons. The topological polar surface area (TPSA) is 113 Å². The predicted octanol–water partition coefficient (Wildman–Crippen LogP) is 1.11. The van der Waals surface area contributed by atoms with Gasteiger partial charge in [0.05, 0.1) is 11.1 Å². The summed E-state index contributed by atoms with van der Waals surface area (Å²) in [7, 11) is -0.902. The average Bonchev–Trinajstić information content (AvgIpc) is 2.62. The van der Waals surface area contributed by atoms with E-state index in [0.29, 0.717) is 31.6 Å². The molecule has 2 rings (SSSR count). The zero-order chi connectivity index (χ0) is 20.4. The van der Waals surface area contributed by atoms with E-state index in [4.69, 9.17) is 17.3 Å². The van der Waals surface area contributed by atoms with Gasteiger partial charge in [0.2, 0.25) is 21.8 Å². The molecule has 1 fully saturated rings. The van der Waals surface area contributed by atoms with Crippen LogP contribution in [0.2, 0.25) is 5.02 Å². The zero-order valence-electron chi connectivity index (χ0n) is 15.6. The van der Waals surface area contributed by atoms with E-state index in [1.807, 2.05) is 4.90 Å². The van der Waals surface area contributed by atoms with Crippen LogP contribution < -0.4 is 11.1 Å². The van der Waals surface area contributed by atoms with E-state index in [1.54, 1.807) is 13.0 Å². The molecule has 1 heterocycles. The number of nitrogens with two attached hydrogens (primary N) is 1. The van der Waals surface area contributed by atoms with Gasteiger partial charge in [0.1, 0.15) is 4.90 Å². The molecule has 2 amide bonds. The van der Waals surface area contributed by atoms with Gasteiger partial charge in [-0.1, -0.05) is 11.6 Å². The second kappa shape index (κ2) is 8.55. The van der Waals surface area contributed by atoms with Crippen molar-refractivity contribution in [1.29, 1.82) is 0 Å². The van der Waals surface area contributed by atoms with Crippen LogP contribution in [0.4, 0.5) is 5.69 Å². The molecule has 8 nitrogen and oxygen atoms in total. The van der Waals surface area contributed by atoms with Gasteiger partial charge in [-0.25, -0.2) is 12.7 Å². The third-order valence-electron chi connectivity index (χ3n) is 4.82. The third kappa shape index (κ3) is 4.98. The first-order valence-corrected chi connectivity index (χ1v) is 10.4. The fraction of sp³-hybridized carbons (Fsp3) is 0.529. The summed E-state index contributed by atoms with van der Waals surface area (Å²) in [6.45, 7) is 2.97. The van der Waals surface area contributed by atoms with Gasteiger partial charge in [-0.05, 0) is 51.1 Å². The number of carbonyl (C=O) groups excluding carboxylic acids is 2. The number of hydrogen-bond donors (Lipinski definition) is 2. The lowest BCUT2D eigenvalue weighted by Gasteiger charge is -2.34. The van der Waals surface area contributed by atoms with E-state index < -0.39 is 16.1 Å².